The molecule has 1 fully saturated rings. The monoisotopic (exact) mass is 407 g/mol. The molecular weight excluding hydrogens is 370 g/mol. The summed E-state index contributed by atoms with van der Waals surface area (Å²) in [6, 6.07) is 2.09. The zero-order valence-corrected chi connectivity index (χ0v) is 19.0. The van der Waals surface area contributed by atoms with E-state index in [1.165, 1.54) is 11.3 Å². The highest BCUT2D eigenvalue weighted by Crippen LogP contribution is 2.32. The number of rotatable bonds is 9. The van der Waals surface area contributed by atoms with Crippen LogP contribution in [0.3, 0.4) is 0 Å². The van der Waals surface area contributed by atoms with E-state index in [4.69, 9.17) is 0 Å². The Bertz CT molecular complexity index is 624. The Kier molecular flexibility index (Phi) is 8.07. The van der Waals surface area contributed by atoms with Crippen molar-refractivity contribution in [2.24, 2.45) is 0 Å². The number of unbranched alkanes of at least 4 members (excludes halogenated alkanes) is 1. The summed E-state index contributed by atoms with van der Waals surface area (Å²) in [5, 5.41) is 10.4. The fourth-order valence-corrected chi connectivity index (χ4v) is 5.04. The van der Waals surface area contributed by atoms with Crippen LogP contribution in [0.15, 0.2) is 16.8 Å². The van der Waals surface area contributed by atoms with E-state index >= 15 is 0 Å². The topological polar surface area (TPSA) is 61.4 Å². The van der Waals surface area contributed by atoms with Gasteiger partial charge in [-0.25, -0.2) is 0 Å². The zero-order chi connectivity index (χ0) is 20.8. The molecule has 1 saturated heterocycles. The Morgan fingerprint density at radius 2 is 1.89 bits per heavy atom. The highest BCUT2D eigenvalue weighted by molar-refractivity contribution is 7.08. The van der Waals surface area contributed by atoms with Gasteiger partial charge in [-0.1, -0.05) is 13.3 Å². The second-order valence-electron chi connectivity index (χ2n) is 9.27. The third kappa shape index (κ3) is 6.89. The number of carbonyl (C=O) groups is 2. The molecule has 0 aromatic carbocycles. The average Bonchev–Trinajstić information content (AvgIpc) is 3.10. The van der Waals surface area contributed by atoms with Crippen LogP contribution in [0.2, 0.25) is 0 Å². The second kappa shape index (κ2) is 9.88. The predicted octanol–water partition coefficient (Wildman–Crippen LogP) is 4.20. The van der Waals surface area contributed by atoms with Gasteiger partial charge in [0.25, 0.3) is 5.91 Å². The minimum absolute atomic E-state index is 0.0195. The average molecular weight is 408 g/mol. The van der Waals surface area contributed by atoms with Crippen molar-refractivity contribution >= 4 is 23.2 Å². The Labute approximate surface area is 174 Å². The van der Waals surface area contributed by atoms with E-state index in [1.807, 2.05) is 16.8 Å². The van der Waals surface area contributed by atoms with Crippen molar-refractivity contribution in [1.82, 2.24) is 15.5 Å². The lowest BCUT2D eigenvalue weighted by molar-refractivity contribution is -0.135. The van der Waals surface area contributed by atoms with E-state index in [1.54, 1.807) is 0 Å². The van der Waals surface area contributed by atoms with Gasteiger partial charge in [0.1, 0.15) is 0 Å². The fraction of sp³-hybridized carbons (Fsp3) is 0.727. The van der Waals surface area contributed by atoms with Crippen LogP contribution in [0.5, 0.6) is 0 Å². The van der Waals surface area contributed by atoms with Gasteiger partial charge in [0.15, 0.2) is 0 Å². The quantitative estimate of drug-likeness (QED) is 0.603. The standard InChI is InChI=1S/C22H37N3O2S/c1-6-7-12-25(18-14-21(2,3)24-22(4,5)15-18)19(26)9-8-11-23-20(27)17-10-13-28-16-17/h10,13,16,18,24H,6-9,11-12,14-15H2,1-5H3,(H,23,27). The number of nitrogens with zero attached hydrogens (tertiary/aromatic N) is 1. The van der Waals surface area contributed by atoms with Crippen molar-refractivity contribution in [2.45, 2.75) is 90.3 Å². The summed E-state index contributed by atoms with van der Waals surface area (Å²) in [7, 11) is 0. The van der Waals surface area contributed by atoms with E-state index in [0.717, 1.165) is 32.2 Å². The van der Waals surface area contributed by atoms with Gasteiger partial charge in [0, 0.05) is 47.6 Å². The van der Waals surface area contributed by atoms with Gasteiger partial charge in [0.05, 0.1) is 0 Å². The summed E-state index contributed by atoms with van der Waals surface area (Å²) in [5.41, 5.74) is 0.734. The smallest absolute Gasteiger partial charge is 0.252 e. The van der Waals surface area contributed by atoms with Crippen molar-refractivity contribution in [3.05, 3.63) is 22.4 Å². The van der Waals surface area contributed by atoms with Crippen molar-refractivity contribution < 1.29 is 9.59 Å². The first-order valence-electron chi connectivity index (χ1n) is 10.5. The maximum Gasteiger partial charge on any atom is 0.252 e. The Hall–Kier alpha value is -1.40. The highest BCUT2D eigenvalue weighted by atomic mass is 32.1. The molecule has 0 aliphatic carbocycles. The van der Waals surface area contributed by atoms with Gasteiger partial charge in [-0.15, -0.1) is 0 Å². The zero-order valence-electron chi connectivity index (χ0n) is 18.1. The summed E-state index contributed by atoms with van der Waals surface area (Å²) >= 11 is 1.51. The molecule has 2 amide bonds. The number of nitrogens with one attached hydrogen (secondary N) is 2. The summed E-state index contributed by atoms with van der Waals surface area (Å²) in [4.78, 5) is 27.2. The molecule has 1 aliphatic rings. The molecule has 0 saturated carbocycles. The van der Waals surface area contributed by atoms with Crippen LogP contribution in [0.25, 0.3) is 0 Å². The van der Waals surface area contributed by atoms with Crippen molar-refractivity contribution in [3.63, 3.8) is 0 Å². The molecule has 6 heteroatoms. The molecule has 1 aliphatic heterocycles. The Morgan fingerprint density at radius 3 is 2.46 bits per heavy atom. The van der Waals surface area contributed by atoms with Crippen molar-refractivity contribution in [3.8, 4) is 0 Å². The molecule has 2 rings (SSSR count). The first-order valence-corrected chi connectivity index (χ1v) is 11.5. The molecule has 5 nitrogen and oxygen atoms in total. The molecule has 0 atom stereocenters. The molecule has 0 radical (unpaired) electrons. The van der Waals surface area contributed by atoms with Crippen molar-refractivity contribution in [1.29, 1.82) is 0 Å². The highest BCUT2D eigenvalue weighted by Gasteiger charge is 2.40. The number of carbonyl (C=O) groups excluding carboxylic acids is 2. The Morgan fingerprint density at radius 1 is 1.21 bits per heavy atom. The molecule has 0 unspecified atom stereocenters. The Balaban J connectivity index is 1.90. The molecule has 0 spiro atoms. The summed E-state index contributed by atoms with van der Waals surface area (Å²) < 4.78 is 0. The third-order valence-corrected chi connectivity index (χ3v) is 6.00. The molecule has 158 valence electrons. The largest absolute Gasteiger partial charge is 0.352 e. The first kappa shape index (κ1) is 22.9. The van der Waals surface area contributed by atoms with E-state index in [-0.39, 0.29) is 28.9 Å². The molecule has 1 aromatic rings. The lowest BCUT2D eigenvalue weighted by atomic mass is 9.79. The fourth-order valence-electron chi connectivity index (χ4n) is 4.41. The van der Waals surface area contributed by atoms with Gasteiger partial charge < -0.3 is 15.5 Å². The molecule has 2 heterocycles. The maximum absolute atomic E-state index is 13.0. The summed E-state index contributed by atoms with van der Waals surface area (Å²) in [6.07, 6.45) is 5.22. The van der Waals surface area contributed by atoms with Crippen LogP contribution in [0, 0.1) is 0 Å². The van der Waals surface area contributed by atoms with Crippen LogP contribution in [0.1, 0.15) is 83.5 Å². The van der Waals surface area contributed by atoms with Crippen LogP contribution in [-0.2, 0) is 4.79 Å². The molecular formula is C22H37N3O2S. The lowest BCUT2D eigenvalue weighted by Gasteiger charge is -2.49. The summed E-state index contributed by atoms with van der Waals surface area (Å²) in [5.74, 6) is 0.162. The van der Waals surface area contributed by atoms with Crippen LogP contribution >= 0.6 is 11.3 Å². The van der Waals surface area contributed by atoms with Crippen molar-refractivity contribution in [2.75, 3.05) is 13.1 Å². The van der Waals surface area contributed by atoms with E-state index in [0.29, 0.717) is 24.9 Å². The van der Waals surface area contributed by atoms with Gasteiger partial charge >= 0.3 is 0 Å². The molecule has 28 heavy (non-hydrogen) atoms. The van der Waals surface area contributed by atoms with Gasteiger partial charge in [-0.2, -0.15) is 11.3 Å². The number of hydrogen-bond acceptors (Lipinski definition) is 4. The lowest BCUT2D eigenvalue weighted by Crippen LogP contribution is -2.62. The SMILES string of the molecule is CCCCN(C(=O)CCCNC(=O)c1ccsc1)C1CC(C)(C)NC(C)(C)C1. The maximum atomic E-state index is 13.0. The third-order valence-electron chi connectivity index (χ3n) is 5.32. The van der Waals surface area contributed by atoms with E-state index in [9.17, 15) is 9.59 Å². The molecule has 2 N–H and O–H groups in total. The van der Waals surface area contributed by atoms with Crippen LogP contribution < -0.4 is 10.6 Å². The van der Waals surface area contributed by atoms with Gasteiger partial charge in [0.2, 0.25) is 5.91 Å². The number of amides is 2. The number of hydrogen-bond donors (Lipinski definition) is 2. The number of thiophene rings is 1. The number of piperidine rings is 1. The van der Waals surface area contributed by atoms with Gasteiger partial charge in [-0.05, 0) is 64.8 Å². The summed E-state index contributed by atoms with van der Waals surface area (Å²) in [6.45, 7) is 12.4. The van der Waals surface area contributed by atoms with Gasteiger partial charge in [-0.3, -0.25) is 9.59 Å². The predicted molar refractivity (Wildman–Crippen MR) is 117 cm³/mol. The minimum Gasteiger partial charge on any atom is -0.352 e. The van der Waals surface area contributed by atoms with E-state index in [2.05, 4.69) is 50.2 Å². The van der Waals surface area contributed by atoms with Crippen LogP contribution in [0.4, 0.5) is 0 Å². The normalized spacial score (nSPS) is 18.6. The molecule has 1 aromatic heterocycles. The first-order chi connectivity index (χ1) is 13.1. The minimum atomic E-state index is -0.0570. The second-order valence-corrected chi connectivity index (χ2v) is 10.0. The van der Waals surface area contributed by atoms with E-state index < -0.39 is 0 Å². The molecule has 0 bridgehead atoms. The van der Waals surface area contributed by atoms with Crippen LogP contribution in [-0.4, -0.2) is 46.9 Å².